The molecule has 0 amide bonds. The Bertz CT molecular complexity index is 1050. The molecule has 108 valence electrons. The Morgan fingerprint density at radius 3 is 2.86 bits per heavy atom. The topological polar surface area (TPSA) is 100 Å². The Labute approximate surface area is 125 Å². The molecule has 4 N–H and O–H groups in total. The molecule has 0 atom stereocenters. The van der Waals surface area contributed by atoms with E-state index in [0.29, 0.717) is 11.1 Å². The number of aromatic nitrogens is 4. The van der Waals surface area contributed by atoms with Crippen molar-refractivity contribution in [1.82, 2.24) is 20.2 Å². The highest BCUT2D eigenvalue weighted by Gasteiger charge is 2.10. The van der Waals surface area contributed by atoms with Crippen LogP contribution in [0.5, 0.6) is 0 Å². The molecular weight excluding hydrogens is 278 g/mol. The van der Waals surface area contributed by atoms with Crippen molar-refractivity contribution in [3.63, 3.8) is 0 Å². The molecule has 0 radical (unpaired) electrons. The van der Waals surface area contributed by atoms with Gasteiger partial charge in [-0.2, -0.15) is 5.10 Å². The lowest BCUT2D eigenvalue weighted by atomic mass is 10.0. The molecule has 0 bridgehead atoms. The number of H-pyrrole nitrogens is 2. The van der Waals surface area contributed by atoms with Gasteiger partial charge in [-0.1, -0.05) is 6.07 Å². The fourth-order valence-electron chi connectivity index (χ4n) is 2.75. The molecule has 0 fully saturated rings. The third-order valence-electron chi connectivity index (χ3n) is 3.85. The second-order valence-electron chi connectivity index (χ2n) is 5.09. The largest absolute Gasteiger partial charge is 0.360 e. The molecule has 0 aliphatic carbocycles. The van der Waals surface area contributed by atoms with Gasteiger partial charge in [0.25, 0.3) is 5.56 Å². The van der Waals surface area contributed by atoms with E-state index in [-0.39, 0.29) is 12.1 Å². The van der Waals surface area contributed by atoms with E-state index in [2.05, 4.69) is 20.2 Å². The predicted octanol–water partition coefficient (Wildman–Crippen LogP) is 1.93. The lowest BCUT2D eigenvalue weighted by Crippen LogP contribution is -2.13. The monoisotopic (exact) mass is 291 g/mol. The van der Waals surface area contributed by atoms with Gasteiger partial charge in [0.15, 0.2) is 0 Å². The molecule has 3 aromatic heterocycles. The standard InChI is InChI=1S/C16H13N5O/c17-6-14-12-5-9(1-2-11(12)16(22)21-20-14)13-7-18-8-15-10(13)3-4-19-15/h1-5,7-8,19H,6,17H2,(H,21,22). The minimum Gasteiger partial charge on any atom is -0.360 e. The minimum atomic E-state index is -0.211. The summed E-state index contributed by atoms with van der Waals surface area (Å²) in [6, 6.07) is 7.68. The fourth-order valence-corrected chi connectivity index (χ4v) is 2.75. The Hall–Kier alpha value is -2.99. The van der Waals surface area contributed by atoms with E-state index in [0.717, 1.165) is 27.4 Å². The third-order valence-corrected chi connectivity index (χ3v) is 3.85. The second-order valence-corrected chi connectivity index (χ2v) is 5.09. The fraction of sp³-hybridized carbons (Fsp3) is 0.0625. The van der Waals surface area contributed by atoms with E-state index in [1.165, 1.54) is 0 Å². The first-order valence-corrected chi connectivity index (χ1v) is 6.91. The van der Waals surface area contributed by atoms with Crippen molar-refractivity contribution in [2.45, 2.75) is 6.54 Å². The SMILES string of the molecule is NCc1n[nH]c(=O)c2ccc(-c3cncc4[nH]ccc34)cc12. The summed E-state index contributed by atoms with van der Waals surface area (Å²) in [5.74, 6) is 0. The quantitative estimate of drug-likeness (QED) is 0.525. The zero-order valence-corrected chi connectivity index (χ0v) is 11.6. The highest BCUT2D eigenvalue weighted by atomic mass is 16.1. The number of rotatable bonds is 2. The van der Waals surface area contributed by atoms with E-state index in [9.17, 15) is 4.79 Å². The summed E-state index contributed by atoms with van der Waals surface area (Å²) in [4.78, 5) is 19.3. The number of benzene rings is 1. The van der Waals surface area contributed by atoms with Crippen LogP contribution in [0.4, 0.5) is 0 Å². The molecule has 6 heteroatoms. The molecule has 0 unspecified atom stereocenters. The maximum absolute atomic E-state index is 11.9. The van der Waals surface area contributed by atoms with Gasteiger partial charge in [0.1, 0.15) is 0 Å². The molecule has 3 heterocycles. The van der Waals surface area contributed by atoms with Crippen LogP contribution in [-0.4, -0.2) is 20.2 Å². The van der Waals surface area contributed by atoms with Crippen LogP contribution in [0.2, 0.25) is 0 Å². The van der Waals surface area contributed by atoms with Crippen molar-refractivity contribution in [2.24, 2.45) is 5.73 Å². The van der Waals surface area contributed by atoms with Crippen LogP contribution >= 0.6 is 0 Å². The Morgan fingerprint density at radius 2 is 2.00 bits per heavy atom. The smallest absolute Gasteiger partial charge is 0.272 e. The Balaban J connectivity index is 2.04. The zero-order valence-electron chi connectivity index (χ0n) is 11.6. The van der Waals surface area contributed by atoms with Gasteiger partial charge in [0.2, 0.25) is 0 Å². The third kappa shape index (κ3) is 1.82. The van der Waals surface area contributed by atoms with Crippen molar-refractivity contribution in [3.05, 3.63) is 58.9 Å². The molecule has 1 aromatic carbocycles. The highest BCUT2D eigenvalue weighted by molar-refractivity contribution is 5.97. The van der Waals surface area contributed by atoms with E-state index in [4.69, 9.17) is 5.73 Å². The van der Waals surface area contributed by atoms with Gasteiger partial charge in [-0.3, -0.25) is 9.78 Å². The molecule has 0 aliphatic heterocycles. The lowest BCUT2D eigenvalue weighted by molar-refractivity contribution is 0.900. The van der Waals surface area contributed by atoms with Crippen molar-refractivity contribution in [3.8, 4) is 11.1 Å². The molecule has 4 rings (SSSR count). The van der Waals surface area contributed by atoms with Crippen molar-refractivity contribution >= 4 is 21.7 Å². The van der Waals surface area contributed by atoms with Crippen LogP contribution in [0.15, 0.2) is 47.7 Å². The molecule has 4 aromatic rings. The maximum Gasteiger partial charge on any atom is 0.272 e. The van der Waals surface area contributed by atoms with E-state index >= 15 is 0 Å². The van der Waals surface area contributed by atoms with E-state index in [1.807, 2.05) is 30.6 Å². The average Bonchev–Trinajstić information content (AvgIpc) is 3.03. The summed E-state index contributed by atoms with van der Waals surface area (Å²) < 4.78 is 0. The number of nitrogens with two attached hydrogens (primary N) is 1. The van der Waals surface area contributed by atoms with Gasteiger partial charge in [-0.05, 0) is 23.8 Å². The minimum absolute atomic E-state index is 0.211. The average molecular weight is 291 g/mol. The second kappa shape index (κ2) is 4.78. The molecule has 0 saturated heterocycles. The number of nitrogens with zero attached hydrogens (tertiary/aromatic N) is 2. The number of nitrogens with one attached hydrogen (secondary N) is 2. The lowest BCUT2D eigenvalue weighted by Gasteiger charge is -2.07. The van der Waals surface area contributed by atoms with Crippen LogP contribution in [0.1, 0.15) is 5.69 Å². The first-order chi connectivity index (χ1) is 10.8. The van der Waals surface area contributed by atoms with Gasteiger partial charge < -0.3 is 10.7 Å². The number of hydrogen-bond acceptors (Lipinski definition) is 4. The number of fused-ring (bicyclic) bond motifs is 2. The van der Waals surface area contributed by atoms with Crippen LogP contribution < -0.4 is 11.3 Å². The van der Waals surface area contributed by atoms with Gasteiger partial charge in [0, 0.05) is 35.3 Å². The molecule has 22 heavy (non-hydrogen) atoms. The van der Waals surface area contributed by atoms with E-state index in [1.54, 1.807) is 12.3 Å². The molecule has 0 saturated carbocycles. The highest BCUT2D eigenvalue weighted by Crippen LogP contribution is 2.29. The summed E-state index contributed by atoms with van der Waals surface area (Å²) in [5.41, 5.74) is 9.14. The first kappa shape index (κ1) is 12.7. The van der Waals surface area contributed by atoms with Gasteiger partial charge in [-0.15, -0.1) is 0 Å². The summed E-state index contributed by atoms with van der Waals surface area (Å²) in [5, 5.41) is 8.95. The van der Waals surface area contributed by atoms with Crippen LogP contribution in [0.3, 0.4) is 0 Å². The zero-order chi connectivity index (χ0) is 15.1. The maximum atomic E-state index is 11.9. The Morgan fingerprint density at radius 1 is 1.09 bits per heavy atom. The predicted molar refractivity (Wildman–Crippen MR) is 85.3 cm³/mol. The molecule has 6 nitrogen and oxygen atoms in total. The number of hydrogen-bond donors (Lipinski definition) is 3. The Kier molecular flexibility index (Phi) is 2.77. The molecular formula is C16H13N5O. The van der Waals surface area contributed by atoms with Crippen molar-refractivity contribution < 1.29 is 0 Å². The number of pyridine rings is 1. The van der Waals surface area contributed by atoms with Crippen molar-refractivity contribution in [2.75, 3.05) is 0 Å². The van der Waals surface area contributed by atoms with Crippen molar-refractivity contribution in [1.29, 1.82) is 0 Å². The summed E-state index contributed by atoms with van der Waals surface area (Å²) >= 11 is 0. The first-order valence-electron chi connectivity index (χ1n) is 6.91. The summed E-state index contributed by atoms with van der Waals surface area (Å²) in [7, 11) is 0. The van der Waals surface area contributed by atoms with Crippen LogP contribution in [-0.2, 0) is 6.54 Å². The van der Waals surface area contributed by atoms with Gasteiger partial charge in [-0.25, -0.2) is 5.10 Å². The normalized spacial score (nSPS) is 11.3. The molecule has 0 aliphatic rings. The van der Waals surface area contributed by atoms with E-state index < -0.39 is 0 Å². The number of aromatic amines is 2. The van der Waals surface area contributed by atoms with Gasteiger partial charge in [0.05, 0.1) is 22.8 Å². The summed E-state index contributed by atoms with van der Waals surface area (Å²) in [6.45, 7) is 0.267. The summed E-state index contributed by atoms with van der Waals surface area (Å²) in [6.07, 6.45) is 5.49. The van der Waals surface area contributed by atoms with Crippen LogP contribution in [0.25, 0.3) is 32.8 Å². The van der Waals surface area contributed by atoms with Gasteiger partial charge >= 0.3 is 0 Å². The molecule has 0 spiro atoms. The van der Waals surface area contributed by atoms with Crippen LogP contribution in [0, 0.1) is 0 Å².